The van der Waals surface area contributed by atoms with Crippen molar-refractivity contribution in [2.24, 2.45) is 0 Å². The Bertz CT molecular complexity index is 636. The van der Waals surface area contributed by atoms with E-state index in [0.717, 1.165) is 29.9 Å². The van der Waals surface area contributed by atoms with E-state index in [1.54, 1.807) is 24.2 Å². The van der Waals surface area contributed by atoms with Crippen LogP contribution >= 0.6 is 0 Å². The molecule has 1 aromatic carbocycles. The molecule has 2 N–H and O–H groups in total. The molecular weight excluding hydrogens is 294 g/mol. The third-order valence-corrected chi connectivity index (χ3v) is 4.08. The normalized spacial score (nSPS) is 14.9. The molecule has 0 unspecified atom stereocenters. The van der Waals surface area contributed by atoms with Gasteiger partial charge in [0.1, 0.15) is 0 Å². The second kappa shape index (κ2) is 7.37. The van der Waals surface area contributed by atoms with Crippen molar-refractivity contribution >= 4 is 0 Å². The van der Waals surface area contributed by atoms with Crippen LogP contribution in [0.2, 0.25) is 0 Å². The molecule has 1 heterocycles. The first-order chi connectivity index (χ1) is 11.3. The molecule has 0 saturated heterocycles. The summed E-state index contributed by atoms with van der Waals surface area (Å²) in [6.07, 6.45) is 6.78. The Balaban J connectivity index is 1.66. The number of nitrogens with one attached hydrogen (secondary N) is 1. The predicted molar refractivity (Wildman–Crippen MR) is 87.1 cm³/mol. The minimum atomic E-state index is -0.0589. The molecule has 1 saturated carbocycles. The van der Waals surface area contributed by atoms with Gasteiger partial charge in [-0.3, -0.25) is 0 Å². The molecule has 6 heteroatoms. The lowest BCUT2D eigenvalue weighted by Gasteiger charge is -2.17. The minimum Gasteiger partial charge on any atom is -0.493 e. The summed E-state index contributed by atoms with van der Waals surface area (Å²) in [5.41, 5.74) is 4.89. The van der Waals surface area contributed by atoms with Crippen LogP contribution in [0.4, 0.5) is 0 Å². The van der Waals surface area contributed by atoms with E-state index in [1.165, 1.54) is 12.8 Å². The summed E-state index contributed by atoms with van der Waals surface area (Å²) >= 11 is 0. The van der Waals surface area contributed by atoms with E-state index < -0.39 is 0 Å². The molecule has 124 valence electrons. The molecule has 0 amide bonds. The maximum atomic E-state index is 9.03. The van der Waals surface area contributed by atoms with Gasteiger partial charge in [-0.2, -0.15) is 9.89 Å². The van der Waals surface area contributed by atoms with Gasteiger partial charge in [0.15, 0.2) is 11.5 Å². The first kappa shape index (κ1) is 15.7. The molecule has 23 heavy (non-hydrogen) atoms. The second-order valence-electron chi connectivity index (χ2n) is 5.75. The average molecular weight is 317 g/mol. The zero-order valence-corrected chi connectivity index (χ0v) is 13.4. The molecule has 0 bridgehead atoms. The zero-order chi connectivity index (χ0) is 16.1. The Morgan fingerprint density at radius 3 is 2.78 bits per heavy atom. The summed E-state index contributed by atoms with van der Waals surface area (Å²) in [6, 6.07) is 7.73. The van der Waals surface area contributed by atoms with Crippen LogP contribution in [0.25, 0.3) is 0 Å². The summed E-state index contributed by atoms with van der Waals surface area (Å²) in [5, 5.41) is 13.2. The van der Waals surface area contributed by atoms with Gasteiger partial charge in [-0.1, -0.05) is 6.07 Å². The Morgan fingerprint density at radius 1 is 1.26 bits per heavy atom. The molecule has 0 spiro atoms. The van der Waals surface area contributed by atoms with E-state index in [0.29, 0.717) is 18.3 Å². The molecule has 1 fully saturated rings. The van der Waals surface area contributed by atoms with Crippen molar-refractivity contribution in [3.63, 3.8) is 0 Å². The number of aliphatic hydroxyl groups is 1. The number of hydrogen-bond acceptors (Lipinski definition) is 5. The third kappa shape index (κ3) is 3.96. The number of benzene rings is 1. The van der Waals surface area contributed by atoms with Crippen LogP contribution in [0.5, 0.6) is 11.5 Å². The minimum absolute atomic E-state index is 0.0589. The number of aromatic nitrogens is 2. The van der Waals surface area contributed by atoms with E-state index in [9.17, 15) is 0 Å². The highest BCUT2D eigenvalue weighted by atomic mass is 16.5. The first-order valence-corrected chi connectivity index (χ1v) is 8.01. The van der Waals surface area contributed by atoms with Crippen LogP contribution in [0.15, 0.2) is 30.5 Å². The largest absolute Gasteiger partial charge is 0.493 e. The van der Waals surface area contributed by atoms with Gasteiger partial charge in [0.2, 0.25) is 0 Å². The molecular formula is C17H23N3O3. The molecule has 0 radical (unpaired) electrons. The lowest BCUT2D eigenvalue weighted by Crippen LogP contribution is -2.16. The van der Waals surface area contributed by atoms with Crippen LogP contribution in [0.1, 0.15) is 36.9 Å². The number of hydrogen-bond donors (Lipinski definition) is 2. The Morgan fingerprint density at radius 2 is 2.09 bits per heavy atom. The predicted octanol–water partition coefficient (Wildman–Crippen LogP) is 2.45. The fourth-order valence-corrected chi connectivity index (χ4v) is 2.82. The van der Waals surface area contributed by atoms with Crippen molar-refractivity contribution in [2.75, 3.05) is 12.5 Å². The molecule has 1 aromatic heterocycles. The van der Waals surface area contributed by atoms with Gasteiger partial charge >= 0.3 is 0 Å². The van der Waals surface area contributed by atoms with E-state index in [2.05, 4.69) is 10.5 Å². The van der Waals surface area contributed by atoms with Gasteiger partial charge in [0.25, 0.3) is 0 Å². The topological polar surface area (TPSA) is 68.5 Å². The second-order valence-corrected chi connectivity index (χ2v) is 5.75. The van der Waals surface area contributed by atoms with Gasteiger partial charge in [-0.25, -0.2) is 0 Å². The summed E-state index contributed by atoms with van der Waals surface area (Å²) in [7, 11) is 1.66. The van der Waals surface area contributed by atoms with Gasteiger partial charge in [-0.15, -0.1) is 0 Å². The summed E-state index contributed by atoms with van der Waals surface area (Å²) in [6.45, 7) is 0.550. The van der Waals surface area contributed by atoms with Crippen molar-refractivity contribution in [3.05, 3.63) is 41.7 Å². The monoisotopic (exact) mass is 317 g/mol. The molecule has 6 nitrogen and oxygen atoms in total. The average Bonchev–Trinajstić information content (AvgIpc) is 3.24. The van der Waals surface area contributed by atoms with Gasteiger partial charge < -0.3 is 20.0 Å². The van der Waals surface area contributed by atoms with E-state index >= 15 is 0 Å². The molecule has 1 aliphatic carbocycles. The first-order valence-electron chi connectivity index (χ1n) is 8.01. The van der Waals surface area contributed by atoms with E-state index in [4.69, 9.17) is 14.6 Å². The van der Waals surface area contributed by atoms with Crippen LogP contribution in [0, 0.1) is 0 Å². The van der Waals surface area contributed by atoms with Gasteiger partial charge in [-0.05, 0) is 49.4 Å². The highest BCUT2D eigenvalue weighted by Crippen LogP contribution is 2.32. The number of ether oxygens (including phenoxy) is 2. The maximum absolute atomic E-state index is 9.03. The number of rotatable bonds is 7. The molecule has 3 rings (SSSR count). The van der Waals surface area contributed by atoms with Crippen LogP contribution in [-0.4, -0.2) is 28.2 Å². The summed E-state index contributed by atoms with van der Waals surface area (Å²) in [4.78, 5) is 1.60. The lowest BCUT2D eigenvalue weighted by molar-refractivity contribution is 0.200. The number of nitrogens with zero attached hydrogens (tertiary/aromatic N) is 2. The van der Waals surface area contributed by atoms with Gasteiger partial charge in [0, 0.05) is 6.20 Å². The van der Waals surface area contributed by atoms with Crippen molar-refractivity contribution in [1.29, 1.82) is 0 Å². The molecule has 2 aromatic rings. The summed E-state index contributed by atoms with van der Waals surface area (Å²) < 4.78 is 11.5. The van der Waals surface area contributed by atoms with Crippen LogP contribution < -0.4 is 14.9 Å². The Hall–Kier alpha value is -2.21. The van der Waals surface area contributed by atoms with Crippen molar-refractivity contribution < 1.29 is 14.6 Å². The molecule has 0 aliphatic heterocycles. The smallest absolute Gasteiger partial charge is 0.161 e. The summed E-state index contributed by atoms with van der Waals surface area (Å²) in [5.74, 6) is 1.57. The van der Waals surface area contributed by atoms with Crippen molar-refractivity contribution in [3.8, 4) is 11.5 Å². The quantitative estimate of drug-likeness (QED) is 0.821. The van der Waals surface area contributed by atoms with Crippen molar-refractivity contribution in [2.45, 2.75) is 44.9 Å². The van der Waals surface area contributed by atoms with E-state index in [1.807, 2.05) is 18.2 Å². The SMILES string of the molecule is COc1ccc(CNn2ccc(CO)n2)cc1OC1CCCC1. The zero-order valence-electron chi connectivity index (χ0n) is 13.4. The fraction of sp³-hybridized carbons (Fsp3) is 0.471. The Kier molecular flexibility index (Phi) is 5.02. The van der Waals surface area contributed by atoms with Crippen molar-refractivity contribution in [1.82, 2.24) is 9.89 Å². The maximum Gasteiger partial charge on any atom is 0.161 e. The van der Waals surface area contributed by atoms with Gasteiger partial charge in [0.05, 0.1) is 32.1 Å². The molecule has 1 aliphatic rings. The van der Waals surface area contributed by atoms with Crippen LogP contribution in [0.3, 0.4) is 0 Å². The van der Waals surface area contributed by atoms with E-state index in [-0.39, 0.29) is 6.61 Å². The number of methoxy groups -OCH3 is 1. The fourth-order valence-electron chi connectivity index (χ4n) is 2.82. The van der Waals surface area contributed by atoms with Crippen LogP contribution in [-0.2, 0) is 13.2 Å². The lowest BCUT2D eigenvalue weighted by atomic mass is 10.2. The highest BCUT2D eigenvalue weighted by molar-refractivity contribution is 5.43. The Labute approximate surface area is 136 Å². The molecule has 0 atom stereocenters. The highest BCUT2D eigenvalue weighted by Gasteiger charge is 2.18. The number of aliphatic hydroxyl groups excluding tert-OH is 1. The standard InChI is InChI=1S/C17H23N3O3/c1-22-16-7-6-13(10-17(16)23-15-4-2-3-5-15)11-18-20-9-8-14(12-21)19-20/h6-10,15,18,21H,2-5,11-12H2,1H3. The third-order valence-electron chi connectivity index (χ3n) is 4.08.